The minimum Gasteiger partial charge on any atom is -0.369 e. The van der Waals surface area contributed by atoms with E-state index in [0.29, 0.717) is 11.4 Å². The van der Waals surface area contributed by atoms with Crippen LogP contribution < -0.4 is 5.32 Å². The number of nitrogens with one attached hydrogen (secondary N) is 1. The van der Waals surface area contributed by atoms with Crippen molar-refractivity contribution in [2.24, 2.45) is 0 Å². The zero-order valence-corrected chi connectivity index (χ0v) is 12.5. The summed E-state index contributed by atoms with van der Waals surface area (Å²) in [6.45, 7) is 1.82. The molecule has 0 aliphatic rings. The number of nitriles is 1. The van der Waals surface area contributed by atoms with Gasteiger partial charge in [0.15, 0.2) is 0 Å². The summed E-state index contributed by atoms with van der Waals surface area (Å²) >= 11 is 0. The lowest BCUT2D eigenvalue weighted by atomic mass is 10.1. The molecule has 1 heterocycles. The van der Waals surface area contributed by atoms with Gasteiger partial charge in [-0.2, -0.15) is 5.26 Å². The maximum Gasteiger partial charge on any atom is 0.143 e. The van der Waals surface area contributed by atoms with Crippen LogP contribution in [0.4, 0.5) is 5.82 Å². The fraction of sp³-hybridized carbons (Fsp3) is 0.294. The van der Waals surface area contributed by atoms with E-state index in [-0.39, 0.29) is 0 Å². The highest BCUT2D eigenvalue weighted by atomic mass is 15.1. The normalized spacial score (nSPS) is 10.4. The van der Waals surface area contributed by atoms with Crippen LogP contribution in [0.1, 0.15) is 12.0 Å². The maximum absolute atomic E-state index is 9.30. The van der Waals surface area contributed by atoms with Gasteiger partial charge in [-0.3, -0.25) is 0 Å². The van der Waals surface area contributed by atoms with Crippen molar-refractivity contribution in [3.05, 3.63) is 48.2 Å². The SMILES string of the molecule is CN(C)CCCNc1ncc(-c2ccccc2)cc1C#N. The van der Waals surface area contributed by atoms with Gasteiger partial charge in [-0.1, -0.05) is 30.3 Å². The predicted octanol–water partition coefficient (Wildman–Crippen LogP) is 2.98. The first-order valence-corrected chi connectivity index (χ1v) is 7.05. The molecule has 0 aliphatic heterocycles. The summed E-state index contributed by atoms with van der Waals surface area (Å²) in [5.74, 6) is 0.663. The second-order valence-electron chi connectivity index (χ2n) is 5.18. The third-order valence-corrected chi connectivity index (χ3v) is 3.19. The van der Waals surface area contributed by atoms with Gasteiger partial charge in [0.1, 0.15) is 11.9 Å². The number of aromatic nitrogens is 1. The summed E-state index contributed by atoms with van der Waals surface area (Å²) in [5, 5.41) is 12.5. The van der Waals surface area contributed by atoms with Crippen LogP contribution in [0, 0.1) is 11.3 Å². The predicted molar refractivity (Wildman–Crippen MR) is 86.0 cm³/mol. The van der Waals surface area contributed by atoms with Crippen LogP contribution in [0.5, 0.6) is 0 Å². The summed E-state index contributed by atoms with van der Waals surface area (Å²) < 4.78 is 0. The zero-order valence-electron chi connectivity index (χ0n) is 12.5. The minimum absolute atomic E-state index is 0.584. The third-order valence-electron chi connectivity index (χ3n) is 3.19. The summed E-state index contributed by atoms with van der Waals surface area (Å²) in [5.41, 5.74) is 2.62. The Morgan fingerprint density at radius 2 is 1.95 bits per heavy atom. The van der Waals surface area contributed by atoms with E-state index in [4.69, 9.17) is 0 Å². The van der Waals surface area contributed by atoms with Crippen molar-refractivity contribution in [3.8, 4) is 17.2 Å². The number of hydrogen-bond donors (Lipinski definition) is 1. The van der Waals surface area contributed by atoms with Crippen LogP contribution in [0.15, 0.2) is 42.6 Å². The molecule has 0 spiro atoms. The first-order chi connectivity index (χ1) is 10.2. The molecule has 0 radical (unpaired) electrons. The molecule has 4 heteroatoms. The molecule has 0 aliphatic carbocycles. The van der Waals surface area contributed by atoms with E-state index in [0.717, 1.165) is 30.6 Å². The molecule has 2 rings (SSSR count). The summed E-state index contributed by atoms with van der Waals surface area (Å²) in [7, 11) is 4.10. The third kappa shape index (κ3) is 4.30. The van der Waals surface area contributed by atoms with Gasteiger partial charge in [-0.25, -0.2) is 4.98 Å². The standard InChI is InChI=1S/C17H20N4/c1-21(2)10-6-9-19-17-15(12-18)11-16(13-20-17)14-7-4-3-5-8-14/h3-5,7-8,11,13H,6,9-10H2,1-2H3,(H,19,20). The van der Waals surface area contributed by atoms with Crippen LogP contribution in [0.25, 0.3) is 11.1 Å². The van der Waals surface area contributed by atoms with Gasteiger partial charge >= 0.3 is 0 Å². The quantitative estimate of drug-likeness (QED) is 0.826. The Labute approximate surface area is 126 Å². The molecule has 21 heavy (non-hydrogen) atoms. The topological polar surface area (TPSA) is 52.0 Å². The van der Waals surface area contributed by atoms with E-state index in [1.54, 1.807) is 0 Å². The van der Waals surface area contributed by atoms with Gasteiger partial charge in [0.25, 0.3) is 0 Å². The van der Waals surface area contributed by atoms with Crippen LogP contribution >= 0.6 is 0 Å². The van der Waals surface area contributed by atoms with E-state index in [9.17, 15) is 5.26 Å². The maximum atomic E-state index is 9.30. The lowest BCUT2D eigenvalue weighted by Crippen LogP contribution is -2.17. The van der Waals surface area contributed by atoms with Crippen LogP contribution in [0.2, 0.25) is 0 Å². The highest BCUT2D eigenvalue weighted by Gasteiger charge is 2.06. The Kier molecular flexibility index (Phi) is 5.30. The molecule has 0 saturated heterocycles. The van der Waals surface area contributed by atoms with Crippen molar-refractivity contribution >= 4 is 5.82 Å². The molecule has 0 bridgehead atoms. The second kappa shape index (κ2) is 7.41. The van der Waals surface area contributed by atoms with Crippen molar-refractivity contribution in [2.45, 2.75) is 6.42 Å². The summed E-state index contributed by atoms with van der Waals surface area (Å²) in [6.07, 6.45) is 2.82. The molecule has 1 aromatic carbocycles. The Balaban J connectivity index is 2.09. The lowest BCUT2D eigenvalue weighted by Gasteiger charge is -2.11. The van der Waals surface area contributed by atoms with E-state index < -0.39 is 0 Å². The van der Waals surface area contributed by atoms with E-state index in [1.807, 2.05) is 56.7 Å². The Bertz CT molecular complexity index is 614. The Hall–Kier alpha value is -2.38. The first-order valence-electron chi connectivity index (χ1n) is 7.05. The Morgan fingerprint density at radius 3 is 2.62 bits per heavy atom. The highest BCUT2D eigenvalue weighted by molar-refractivity contribution is 5.67. The van der Waals surface area contributed by atoms with Crippen molar-refractivity contribution in [3.63, 3.8) is 0 Å². The second-order valence-corrected chi connectivity index (χ2v) is 5.18. The summed E-state index contributed by atoms with van der Waals surface area (Å²) in [4.78, 5) is 6.53. The number of nitrogens with zero attached hydrogens (tertiary/aromatic N) is 3. The molecular formula is C17H20N4. The molecule has 0 saturated carbocycles. The van der Waals surface area contributed by atoms with Crippen LogP contribution in [-0.2, 0) is 0 Å². The molecular weight excluding hydrogens is 260 g/mol. The largest absolute Gasteiger partial charge is 0.369 e. The smallest absolute Gasteiger partial charge is 0.143 e. The first kappa shape index (κ1) is 15.0. The molecule has 0 amide bonds. The molecule has 4 nitrogen and oxygen atoms in total. The van der Waals surface area contributed by atoms with Gasteiger partial charge in [-0.15, -0.1) is 0 Å². The minimum atomic E-state index is 0.584. The monoisotopic (exact) mass is 280 g/mol. The molecule has 0 fully saturated rings. The molecule has 0 atom stereocenters. The number of benzene rings is 1. The van der Waals surface area contributed by atoms with E-state index in [2.05, 4.69) is 21.3 Å². The van der Waals surface area contributed by atoms with Crippen molar-refractivity contribution in [2.75, 3.05) is 32.5 Å². The fourth-order valence-electron chi connectivity index (χ4n) is 2.08. The number of pyridine rings is 1. The summed E-state index contributed by atoms with van der Waals surface area (Å²) in [6, 6.07) is 14.1. The van der Waals surface area contributed by atoms with Crippen LogP contribution in [0.3, 0.4) is 0 Å². The fourth-order valence-corrected chi connectivity index (χ4v) is 2.08. The molecule has 2 aromatic rings. The zero-order chi connectivity index (χ0) is 15.1. The molecule has 108 valence electrons. The number of anilines is 1. The highest BCUT2D eigenvalue weighted by Crippen LogP contribution is 2.22. The van der Waals surface area contributed by atoms with Gasteiger partial charge in [0, 0.05) is 18.3 Å². The van der Waals surface area contributed by atoms with Gasteiger partial charge < -0.3 is 10.2 Å². The van der Waals surface area contributed by atoms with Crippen molar-refractivity contribution in [1.29, 1.82) is 5.26 Å². The number of rotatable bonds is 6. The average Bonchev–Trinajstić information content (AvgIpc) is 2.52. The van der Waals surface area contributed by atoms with Crippen LogP contribution in [-0.4, -0.2) is 37.1 Å². The van der Waals surface area contributed by atoms with E-state index >= 15 is 0 Å². The van der Waals surface area contributed by atoms with Crippen molar-refractivity contribution in [1.82, 2.24) is 9.88 Å². The molecule has 1 aromatic heterocycles. The molecule has 1 N–H and O–H groups in total. The van der Waals surface area contributed by atoms with E-state index in [1.165, 1.54) is 0 Å². The number of hydrogen-bond acceptors (Lipinski definition) is 4. The Morgan fingerprint density at radius 1 is 1.19 bits per heavy atom. The lowest BCUT2D eigenvalue weighted by molar-refractivity contribution is 0.405. The van der Waals surface area contributed by atoms with Crippen molar-refractivity contribution < 1.29 is 0 Å². The van der Waals surface area contributed by atoms with Gasteiger partial charge in [0.2, 0.25) is 0 Å². The average molecular weight is 280 g/mol. The molecule has 0 unspecified atom stereocenters. The van der Waals surface area contributed by atoms with Gasteiger partial charge in [0.05, 0.1) is 5.56 Å². The van der Waals surface area contributed by atoms with Gasteiger partial charge in [-0.05, 0) is 38.7 Å².